The first kappa shape index (κ1) is 24.9. The molecule has 186 valence electrons. The summed E-state index contributed by atoms with van der Waals surface area (Å²) in [4.78, 5) is 29.4. The average molecular weight is 493 g/mol. The fraction of sp³-hybridized carbons (Fsp3) is 0.214. The Kier molecular flexibility index (Phi) is 6.79. The second kappa shape index (κ2) is 9.81. The van der Waals surface area contributed by atoms with E-state index in [9.17, 15) is 23.5 Å². The molecule has 36 heavy (non-hydrogen) atoms. The number of aliphatic hydroxyl groups excluding tert-OH is 1. The summed E-state index contributed by atoms with van der Waals surface area (Å²) < 4.78 is 33.5. The maximum absolute atomic E-state index is 14.1. The minimum Gasteiger partial charge on any atom is -0.507 e. The van der Waals surface area contributed by atoms with Gasteiger partial charge >= 0.3 is 0 Å². The number of Topliss-reactive ketones (excluding diaryl/α,β-unsaturated/α-hetero) is 1. The van der Waals surface area contributed by atoms with Crippen LogP contribution in [0.1, 0.15) is 31.0 Å². The van der Waals surface area contributed by atoms with E-state index >= 15 is 0 Å². The Morgan fingerprint density at radius 1 is 0.972 bits per heavy atom. The number of rotatable bonds is 6. The maximum atomic E-state index is 14.1. The summed E-state index contributed by atoms with van der Waals surface area (Å²) in [6.07, 6.45) is -0.114. The van der Waals surface area contributed by atoms with Crippen LogP contribution >= 0.6 is 0 Å². The molecule has 1 aliphatic heterocycles. The van der Waals surface area contributed by atoms with Crippen LogP contribution in [0.2, 0.25) is 0 Å². The van der Waals surface area contributed by atoms with Gasteiger partial charge in [0.2, 0.25) is 0 Å². The first-order valence-corrected chi connectivity index (χ1v) is 11.4. The standard InChI is InChI=1S/C28H26F2N2O4/c1-16(2)36-21-7-5-6-18(14-21)26(33)24-25(17-8-10-19(11-9-17)31(3)4)32(28(35)27(24)34)20-12-13-22(29)23(30)15-20/h5-16,25,33H,1-4H3/b26-24+. The monoisotopic (exact) mass is 492 g/mol. The largest absolute Gasteiger partial charge is 0.507 e. The Morgan fingerprint density at radius 2 is 1.67 bits per heavy atom. The molecule has 8 heteroatoms. The highest BCUT2D eigenvalue weighted by molar-refractivity contribution is 6.51. The molecule has 1 aliphatic rings. The molecule has 1 amide bonds. The fourth-order valence-corrected chi connectivity index (χ4v) is 4.15. The molecule has 0 bridgehead atoms. The summed E-state index contributed by atoms with van der Waals surface area (Å²) in [7, 11) is 3.74. The minimum absolute atomic E-state index is 0.00590. The van der Waals surface area contributed by atoms with Crippen molar-refractivity contribution in [3.63, 3.8) is 0 Å². The predicted octanol–water partition coefficient (Wildman–Crippen LogP) is 5.44. The van der Waals surface area contributed by atoms with Crippen molar-refractivity contribution in [1.82, 2.24) is 0 Å². The minimum atomic E-state index is -1.16. The molecule has 0 saturated carbocycles. The molecule has 6 nitrogen and oxygen atoms in total. The predicted molar refractivity (Wildman–Crippen MR) is 134 cm³/mol. The van der Waals surface area contributed by atoms with Gasteiger partial charge < -0.3 is 14.7 Å². The van der Waals surface area contributed by atoms with E-state index in [1.54, 1.807) is 48.5 Å². The van der Waals surface area contributed by atoms with Crippen LogP contribution in [0.4, 0.5) is 20.2 Å². The van der Waals surface area contributed by atoms with Gasteiger partial charge in [-0.3, -0.25) is 14.5 Å². The van der Waals surface area contributed by atoms with Gasteiger partial charge in [0.05, 0.1) is 17.7 Å². The number of amides is 1. The molecule has 1 N–H and O–H groups in total. The molecule has 4 rings (SSSR count). The molecule has 1 atom stereocenters. The van der Waals surface area contributed by atoms with Gasteiger partial charge in [0.1, 0.15) is 11.5 Å². The second-order valence-electron chi connectivity index (χ2n) is 8.95. The van der Waals surface area contributed by atoms with Crippen molar-refractivity contribution >= 4 is 28.8 Å². The summed E-state index contributed by atoms with van der Waals surface area (Å²) in [5.74, 6) is -4.04. The Balaban J connectivity index is 1.91. The zero-order valence-corrected chi connectivity index (χ0v) is 20.3. The Hall–Kier alpha value is -4.20. The van der Waals surface area contributed by atoms with Crippen molar-refractivity contribution in [2.75, 3.05) is 23.9 Å². The van der Waals surface area contributed by atoms with Crippen molar-refractivity contribution in [3.8, 4) is 5.75 Å². The molecular formula is C28H26F2N2O4. The highest BCUT2D eigenvalue weighted by atomic mass is 19.2. The van der Waals surface area contributed by atoms with Gasteiger partial charge in [-0.05, 0) is 55.8 Å². The summed E-state index contributed by atoms with van der Waals surface area (Å²) in [6.45, 7) is 3.72. The molecule has 0 aliphatic carbocycles. The van der Waals surface area contributed by atoms with Crippen LogP contribution in [0, 0.1) is 11.6 Å². The lowest BCUT2D eigenvalue weighted by molar-refractivity contribution is -0.132. The number of benzene rings is 3. The van der Waals surface area contributed by atoms with Crippen LogP contribution in [-0.4, -0.2) is 37.0 Å². The van der Waals surface area contributed by atoms with E-state index in [0.717, 1.165) is 22.7 Å². The van der Waals surface area contributed by atoms with Crippen LogP contribution in [0.3, 0.4) is 0 Å². The number of nitrogens with zero attached hydrogens (tertiary/aromatic N) is 2. The van der Waals surface area contributed by atoms with E-state index in [-0.39, 0.29) is 22.9 Å². The molecule has 0 radical (unpaired) electrons. The zero-order valence-electron chi connectivity index (χ0n) is 20.3. The number of ketones is 1. The number of carbonyl (C=O) groups excluding carboxylic acids is 2. The normalized spacial score (nSPS) is 17.1. The number of anilines is 2. The molecule has 0 spiro atoms. The number of hydrogen-bond donors (Lipinski definition) is 1. The van der Waals surface area contributed by atoms with E-state index < -0.39 is 35.1 Å². The first-order valence-electron chi connectivity index (χ1n) is 11.4. The molecule has 3 aromatic carbocycles. The molecular weight excluding hydrogens is 466 g/mol. The Bertz CT molecular complexity index is 1350. The smallest absolute Gasteiger partial charge is 0.300 e. The van der Waals surface area contributed by atoms with Crippen molar-refractivity contribution in [2.45, 2.75) is 26.0 Å². The third-order valence-corrected chi connectivity index (χ3v) is 5.83. The Morgan fingerprint density at radius 3 is 2.28 bits per heavy atom. The lowest BCUT2D eigenvalue weighted by atomic mass is 9.94. The average Bonchev–Trinajstić information content (AvgIpc) is 3.10. The number of halogens is 2. The molecule has 0 aromatic heterocycles. The first-order chi connectivity index (χ1) is 17.1. The second-order valence-corrected chi connectivity index (χ2v) is 8.95. The van der Waals surface area contributed by atoms with Gasteiger partial charge in [0.25, 0.3) is 11.7 Å². The van der Waals surface area contributed by atoms with Crippen LogP contribution < -0.4 is 14.5 Å². The molecule has 1 unspecified atom stereocenters. The van der Waals surface area contributed by atoms with Gasteiger partial charge in [-0.25, -0.2) is 8.78 Å². The summed E-state index contributed by atoms with van der Waals surface area (Å²) in [6, 6.07) is 15.5. The number of ether oxygens (including phenoxy) is 1. The summed E-state index contributed by atoms with van der Waals surface area (Å²) in [5, 5.41) is 11.3. The van der Waals surface area contributed by atoms with Crippen molar-refractivity contribution in [3.05, 3.63) is 95.1 Å². The topological polar surface area (TPSA) is 70.1 Å². The highest BCUT2D eigenvalue weighted by Gasteiger charge is 2.47. The third-order valence-electron chi connectivity index (χ3n) is 5.83. The zero-order chi connectivity index (χ0) is 26.1. The SMILES string of the molecule is CC(C)Oc1cccc(/C(O)=C2\C(=O)C(=O)N(c3ccc(F)c(F)c3)C2c2ccc(N(C)C)cc2)c1. The summed E-state index contributed by atoms with van der Waals surface area (Å²) in [5.41, 5.74) is 1.51. The van der Waals surface area contributed by atoms with E-state index in [0.29, 0.717) is 11.3 Å². The summed E-state index contributed by atoms with van der Waals surface area (Å²) >= 11 is 0. The van der Waals surface area contributed by atoms with Gasteiger partial charge in [-0.1, -0.05) is 24.3 Å². The van der Waals surface area contributed by atoms with E-state index in [4.69, 9.17) is 4.74 Å². The quantitative estimate of drug-likeness (QED) is 0.282. The maximum Gasteiger partial charge on any atom is 0.300 e. The van der Waals surface area contributed by atoms with Crippen molar-refractivity contribution < 1.29 is 28.2 Å². The van der Waals surface area contributed by atoms with Gasteiger partial charge in [-0.2, -0.15) is 0 Å². The van der Waals surface area contributed by atoms with Crippen molar-refractivity contribution in [1.29, 1.82) is 0 Å². The molecule has 1 fully saturated rings. The molecule has 1 saturated heterocycles. The lowest BCUT2D eigenvalue weighted by Gasteiger charge is -2.26. The highest BCUT2D eigenvalue weighted by Crippen LogP contribution is 2.43. The molecule has 1 heterocycles. The van der Waals surface area contributed by atoms with Crippen LogP contribution in [0.5, 0.6) is 5.75 Å². The number of hydrogen-bond acceptors (Lipinski definition) is 5. The van der Waals surface area contributed by atoms with Gasteiger partial charge in [-0.15, -0.1) is 0 Å². The van der Waals surface area contributed by atoms with Crippen molar-refractivity contribution in [2.24, 2.45) is 0 Å². The third kappa shape index (κ3) is 4.66. The molecule has 3 aromatic rings. The van der Waals surface area contributed by atoms with E-state index in [2.05, 4.69) is 0 Å². The lowest BCUT2D eigenvalue weighted by Crippen LogP contribution is -2.29. The van der Waals surface area contributed by atoms with Crippen LogP contribution in [-0.2, 0) is 9.59 Å². The Labute approximate surface area is 208 Å². The number of aliphatic hydroxyl groups is 1. The number of carbonyl (C=O) groups is 2. The van der Waals surface area contributed by atoms with Crippen LogP contribution in [0.25, 0.3) is 5.76 Å². The van der Waals surface area contributed by atoms with Crippen LogP contribution in [0.15, 0.2) is 72.3 Å². The van der Waals surface area contributed by atoms with E-state index in [1.165, 1.54) is 6.07 Å². The fourth-order valence-electron chi connectivity index (χ4n) is 4.15. The van der Waals surface area contributed by atoms with E-state index in [1.807, 2.05) is 32.8 Å². The van der Waals surface area contributed by atoms with Gasteiger partial charge in [0, 0.05) is 37.1 Å². The van der Waals surface area contributed by atoms with Gasteiger partial charge in [0.15, 0.2) is 11.6 Å².